The third kappa shape index (κ3) is 7.43. The van der Waals surface area contributed by atoms with Gasteiger partial charge in [-0.25, -0.2) is 0 Å². The maximum Gasteiger partial charge on any atom is 0.165 e. The van der Waals surface area contributed by atoms with Gasteiger partial charge in [0.2, 0.25) is 0 Å². The summed E-state index contributed by atoms with van der Waals surface area (Å²) in [5.74, 6) is -1.61. The van der Waals surface area contributed by atoms with Crippen LogP contribution in [0, 0.1) is 0 Å². The molecule has 0 unspecified atom stereocenters. The van der Waals surface area contributed by atoms with E-state index in [1.807, 2.05) is 6.92 Å². The predicted molar refractivity (Wildman–Crippen MR) is 51.0 cm³/mol. The molecule has 3 nitrogen and oxygen atoms in total. The molecule has 0 aromatic carbocycles. The van der Waals surface area contributed by atoms with E-state index in [1.165, 1.54) is 6.08 Å². The first kappa shape index (κ1) is 12.1. The zero-order valence-electron chi connectivity index (χ0n) is 7.81. The molecule has 0 aliphatic rings. The van der Waals surface area contributed by atoms with E-state index in [9.17, 15) is 15.0 Å². The Kier molecular flexibility index (Phi) is 6.10. The van der Waals surface area contributed by atoms with E-state index in [0.29, 0.717) is 12.7 Å². The lowest BCUT2D eigenvalue weighted by Gasteiger charge is -2.18. The maximum absolute atomic E-state index is 9.85. The quantitative estimate of drug-likeness (QED) is 0.282. The number of aliphatic hydroxyl groups is 2. The molecule has 0 rings (SSSR count). The Labute approximate surface area is 78.4 Å². The Morgan fingerprint density at radius 2 is 1.92 bits per heavy atom. The summed E-state index contributed by atoms with van der Waals surface area (Å²) in [4.78, 5) is 9.85. The Morgan fingerprint density at radius 1 is 1.23 bits per heavy atom. The predicted octanol–water partition coefficient (Wildman–Crippen LogP) is 1.17. The normalized spacial score (nSPS) is 12.8. The van der Waals surface area contributed by atoms with Crippen LogP contribution in [-0.4, -0.2) is 22.3 Å². The van der Waals surface area contributed by atoms with Crippen molar-refractivity contribution in [1.29, 1.82) is 0 Å². The van der Waals surface area contributed by atoms with Crippen LogP contribution >= 0.6 is 0 Å². The first-order chi connectivity index (χ1) is 6.12. The highest BCUT2D eigenvalue weighted by Crippen LogP contribution is 2.13. The molecule has 0 aromatic heterocycles. The Balaban J connectivity index is 3.78. The van der Waals surface area contributed by atoms with E-state index in [0.717, 1.165) is 6.42 Å². The van der Waals surface area contributed by atoms with E-state index in [1.54, 1.807) is 18.2 Å². The SMILES string of the molecule is CCCC(O)(O)C/C=C/C=C/C=O. The minimum Gasteiger partial charge on any atom is -0.365 e. The van der Waals surface area contributed by atoms with Crippen LogP contribution in [0.1, 0.15) is 26.2 Å². The molecule has 0 saturated heterocycles. The maximum atomic E-state index is 9.85. The molecule has 13 heavy (non-hydrogen) atoms. The Bertz CT molecular complexity index is 192. The van der Waals surface area contributed by atoms with Crippen molar-refractivity contribution < 1.29 is 15.0 Å². The molecule has 0 spiro atoms. The van der Waals surface area contributed by atoms with Crippen molar-refractivity contribution in [2.45, 2.75) is 32.0 Å². The second-order valence-corrected chi connectivity index (χ2v) is 2.89. The fourth-order valence-electron chi connectivity index (χ4n) is 0.947. The van der Waals surface area contributed by atoms with Gasteiger partial charge in [-0.05, 0) is 6.08 Å². The summed E-state index contributed by atoms with van der Waals surface area (Å²) in [5.41, 5.74) is 0. The van der Waals surface area contributed by atoms with Crippen LogP contribution in [0.3, 0.4) is 0 Å². The average molecular weight is 184 g/mol. The van der Waals surface area contributed by atoms with Gasteiger partial charge in [0.15, 0.2) is 5.79 Å². The summed E-state index contributed by atoms with van der Waals surface area (Å²) >= 11 is 0. The molecule has 0 saturated carbocycles. The van der Waals surface area contributed by atoms with Crippen LogP contribution in [0.25, 0.3) is 0 Å². The van der Waals surface area contributed by atoms with Crippen molar-refractivity contribution in [1.82, 2.24) is 0 Å². The fourth-order valence-corrected chi connectivity index (χ4v) is 0.947. The largest absolute Gasteiger partial charge is 0.365 e. The molecule has 74 valence electrons. The summed E-state index contributed by atoms with van der Waals surface area (Å²) in [6, 6.07) is 0. The van der Waals surface area contributed by atoms with Crippen molar-refractivity contribution >= 4 is 6.29 Å². The number of aldehydes is 1. The minimum absolute atomic E-state index is 0.185. The summed E-state index contributed by atoms with van der Waals surface area (Å²) in [6.45, 7) is 1.89. The van der Waals surface area contributed by atoms with E-state index >= 15 is 0 Å². The van der Waals surface area contributed by atoms with Crippen molar-refractivity contribution in [2.75, 3.05) is 0 Å². The lowest BCUT2D eigenvalue weighted by molar-refractivity contribution is -0.162. The van der Waals surface area contributed by atoms with Gasteiger partial charge in [-0.15, -0.1) is 0 Å². The molecular weight excluding hydrogens is 168 g/mol. The number of hydrogen-bond donors (Lipinski definition) is 2. The van der Waals surface area contributed by atoms with Gasteiger partial charge in [0.1, 0.15) is 6.29 Å². The van der Waals surface area contributed by atoms with E-state index in [-0.39, 0.29) is 6.42 Å². The standard InChI is InChI=1S/C10H16O3/c1-2-7-10(12,13)8-5-3-4-6-9-11/h3-6,9,12-13H,2,7-8H2,1H3/b5-3+,6-4+. The monoisotopic (exact) mass is 184 g/mol. The molecule has 0 atom stereocenters. The highest BCUT2D eigenvalue weighted by atomic mass is 16.5. The highest BCUT2D eigenvalue weighted by Gasteiger charge is 2.18. The molecule has 0 aromatic rings. The van der Waals surface area contributed by atoms with Crippen LogP contribution in [0.5, 0.6) is 0 Å². The van der Waals surface area contributed by atoms with Crippen molar-refractivity contribution in [2.24, 2.45) is 0 Å². The van der Waals surface area contributed by atoms with Gasteiger partial charge in [-0.1, -0.05) is 31.6 Å². The lowest BCUT2D eigenvalue weighted by atomic mass is 10.1. The fraction of sp³-hybridized carbons (Fsp3) is 0.500. The number of carbonyl (C=O) groups excluding carboxylic acids is 1. The van der Waals surface area contributed by atoms with Crippen LogP contribution in [-0.2, 0) is 4.79 Å². The Morgan fingerprint density at radius 3 is 2.46 bits per heavy atom. The molecule has 0 aliphatic heterocycles. The molecule has 0 radical (unpaired) electrons. The third-order valence-corrected chi connectivity index (χ3v) is 1.53. The molecular formula is C10H16O3. The summed E-state index contributed by atoms with van der Waals surface area (Å²) in [5, 5.41) is 18.6. The van der Waals surface area contributed by atoms with Gasteiger partial charge in [0.05, 0.1) is 0 Å². The van der Waals surface area contributed by atoms with E-state index in [2.05, 4.69) is 0 Å². The minimum atomic E-state index is -1.61. The van der Waals surface area contributed by atoms with Gasteiger partial charge < -0.3 is 10.2 Å². The molecule has 0 amide bonds. The molecule has 2 N–H and O–H groups in total. The first-order valence-electron chi connectivity index (χ1n) is 4.34. The van der Waals surface area contributed by atoms with Crippen LogP contribution in [0.4, 0.5) is 0 Å². The first-order valence-corrected chi connectivity index (χ1v) is 4.34. The number of rotatable bonds is 6. The molecule has 0 heterocycles. The lowest BCUT2D eigenvalue weighted by Crippen LogP contribution is -2.26. The van der Waals surface area contributed by atoms with Gasteiger partial charge >= 0.3 is 0 Å². The summed E-state index contributed by atoms with van der Waals surface area (Å²) < 4.78 is 0. The summed E-state index contributed by atoms with van der Waals surface area (Å²) in [6.07, 6.45) is 8.06. The van der Waals surface area contributed by atoms with Crippen molar-refractivity contribution in [3.05, 3.63) is 24.3 Å². The smallest absolute Gasteiger partial charge is 0.165 e. The Hall–Kier alpha value is -0.930. The van der Waals surface area contributed by atoms with Gasteiger partial charge in [0, 0.05) is 12.8 Å². The van der Waals surface area contributed by atoms with Gasteiger partial charge in [0.25, 0.3) is 0 Å². The number of carbonyl (C=O) groups is 1. The zero-order chi connectivity index (χ0) is 10.2. The van der Waals surface area contributed by atoms with Crippen LogP contribution in [0.15, 0.2) is 24.3 Å². The van der Waals surface area contributed by atoms with Gasteiger partial charge in [-0.3, -0.25) is 4.79 Å². The number of hydrogen-bond acceptors (Lipinski definition) is 3. The average Bonchev–Trinajstić information content (AvgIpc) is 2.04. The molecule has 0 bridgehead atoms. The van der Waals surface area contributed by atoms with E-state index < -0.39 is 5.79 Å². The van der Waals surface area contributed by atoms with Crippen molar-refractivity contribution in [3.8, 4) is 0 Å². The topological polar surface area (TPSA) is 57.5 Å². The second-order valence-electron chi connectivity index (χ2n) is 2.89. The molecule has 0 aliphatic carbocycles. The third-order valence-electron chi connectivity index (χ3n) is 1.53. The van der Waals surface area contributed by atoms with E-state index in [4.69, 9.17) is 0 Å². The summed E-state index contributed by atoms with van der Waals surface area (Å²) in [7, 11) is 0. The van der Waals surface area contributed by atoms with Gasteiger partial charge in [-0.2, -0.15) is 0 Å². The van der Waals surface area contributed by atoms with Crippen LogP contribution < -0.4 is 0 Å². The molecule has 3 heteroatoms. The zero-order valence-corrected chi connectivity index (χ0v) is 7.81. The van der Waals surface area contributed by atoms with Crippen molar-refractivity contribution in [3.63, 3.8) is 0 Å². The highest BCUT2D eigenvalue weighted by molar-refractivity contribution is 5.65. The molecule has 0 fully saturated rings. The van der Waals surface area contributed by atoms with Crippen LogP contribution in [0.2, 0.25) is 0 Å². The second kappa shape index (κ2) is 6.57. The number of allylic oxidation sites excluding steroid dienone is 3.